The number of nitrogen functional groups attached to an aromatic ring is 1. The number of aromatic nitrogens is 5. The van der Waals surface area contributed by atoms with Crippen molar-refractivity contribution in [2.75, 3.05) is 5.73 Å². The minimum atomic E-state index is -3.14. The lowest BCUT2D eigenvalue weighted by atomic mass is 9.86. The molecule has 35 heavy (non-hydrogen) atoms. The predicted molar refractivity (Wildman–Crippen MR) is 130 cm³/mol. The van der Waals surface area contributed by atoms with Gasteiger partial charge in [0.25, 0.3) is 5.92 Å². The molecule has 0 saturated carbocycles. The average molecular weight is 469 g/mol. The average Bonchev–Trinajstić information content (AvgIpc) is 3.28. The lowest BCUT2D eigenvalue weighted by Gasteiger charge is -2.16. The molecule has 5 rings (SSSR count). The Balaban J connectivity index is 1.68. The Labute approximate surface area is 199 Å². The van der Waals surface area contributed by atoms with Crippen LogP contribution in [0.25, 0.3) is 39.0 Å². The van der Waals surface area contributed by atoms with Crippen LogP contribution in [0.5, 0.6) is 0 Å². The third-order valence-corrected chi connectivity index (χ3v) is 6.05. The highest BCUT2D eigenvalue weighted by molar-refractivity contribution is 6.01. The molecule has 0 fully saturated rings. The minimum absolute atomic E-state index is 0.216. The highest BCUT2D eigenvalue weighted by Gasteiger charge is 2.28. The number of fused-ring (bicyclic) bond motifs is 3. The van der Waals surface area contributed by atoms with E-state index >= 15 is 0 Å². The predicted octanol–water partition coefficient (Wildman–Crippen LogP) is 5.53. The molecule has 0 atom stereocenters. The fraction of sp³-hybridized carbons (Fsp3) is 0.192. The topological polar surface area (TPSA) is 106 Å². The van der Waals surface area contributed by atoms with Gasteiger partial charge in [0.05, 0.1) is 34.5 Å². The Morgan fingerprint density at radius 3 is 2.37 bits per heavy atom. The lowest BCUT2D eigenvalue weighted by Crippen LogP contribution is -2.13. The SMILES string of the molecule is CC(F)(F)c1cc(-c2ccc3ncc4ncn(-c5ccc(C(C)(C)C#N)cc5)c4c3n2)cnc1N. The van der Waals surface area contributed by atoms with Gasteiger partial charge in [0.1, 0.15) is 28.7 Å². The molecule has 0 spiro atoms. The summed E-state index contributed by atoms with van der Waals surface area (Å²) in [5.41, 5.74) is 9.93. The van der Waals surface area contributed by atoms with Crippen LogP contribution in [0.4, 0.5) is 14.6 Å². The number of halogens is 2. The number of pyridine rings is 3. The number of benzene rings is 1. The summed E-state index contributed by atoms with van der Waals surface area (Å²) in [4.78, 5) is 17.6. The van der Waals surface area contributed by atoms with Crippen molar-refractivity contribution in [3.63, 3.8) is 0 Å². The van der Waals surface area contributed by atoms with E-state index in [0.717, 1.165) is 23.7 Å². The van der Waals surface area contributed by atoms with Gasteiger partial charge in [-0.15, -0.1) is 0 Å². The molecule has 0 aliphatic rings. The smallest absolute Gasteiger partial charge is 0.274 e. The molecule has 4 aromatic heterocycles. The molecular formula is C26H21F2N7. The first-order valence-corrected chi connectivity index (χ1v) is 10.9. The fourth-order valence-electron chi connectivity index (χ4n) is 3.98. The van der Waals surface area contributed by atoms with Gasteiger partial charge in [-0.3, -0.25) is 9.55 Å². The zero-order valence-corrected chi connectivity index (χ0v) is 19.3. The third-order valence-electron chi connectivity index (χ3n) is 6.05. The number of anilines is 1. The van der Waals surface area contributed by atoms with Gasteiger partial charge in [0, 0.05) is 24.4 Å². The van der Waals surface area contributed by atoms with Crippen LogP contribution < -0.4 is 5.73 Å². The van der Waals surface area contributed by atoms with Gasteiger partial charge in [-0.25, -0.2) is 23.7 Å². The number of nitrogens with zero attached hydrogens (tertiary/aromatic N) is 6. The number of alkyl halides is 2. The Morgan fingerprint density at radius 1 is 0.943 bits per heavy atom. The Hall–Kier alpha value is -4.45. The molecule has 5 aromatic rings. The molecule has 0 unspecified atom stereocenters. The van der Waals surface area contributed by atoms with Crippen molar-refractivity contribution in [1.82, 2.24) is 24.5 Å². The summed E-state index contributed by atoms with van der Waals surface area (Å²) in [6, 6.07) is 14.8. The van der Waals surface area contributed by atoms with Crippen molar-refractivity contribution in [1.29, 1.82) is 5.26 Å². The van der Waals surface area contributed by atoms with Crippen molar-refractivity contribution in [2.45, 2.75) is 32.1 Å². The summed E-state index contributed by atoms with van der Waals surface area (Å²) in [7, 11) is 0. The summed E-state index contributed by atoms with van der Waals surface area (Å²) < 4.78 is 29.9. The molecular weight excluding hydrogens is 448 g/mol. The third kappa shape index (κ3) is 3.83. The number of hydrogen-bond donors (Lipinski definition) is 1. The number of imidazole rings is 1. The van der Waals surface area contributed by atoms with Crippen LogP contribution in [0.15, 0.2) is 61.2 Å². The minimum Gasteiger partial charge on any atom is -0.383 e. The molecule has 0 aliphatic heterocycles. The summed E-state index contributed by atoms with van der Waals surface area (Å²) in [6.45, 7) is 4.52. The second-order valence-electron chi connectivity index (χ2n) is 9.00. The molecule has 2 N–H and O–H groups in total. The Kier molecular flexibility index (Phi) is 4.98. The van der Waals surface area contributed by atoms with Crippen molar-refractivity contribution < 1.29 is 8.78 Å². The fourth-order valence-corrected chi connectivity index (χ4v) is 3.98. The highest BCUT2D eigenvalue weighted by Crippen LogP contribution is 2.34. The quantitative estimate of drug-likeness (QED) is 0.371. The van der Waals surface area contributed by atoms with Crippen LogP contribution in [0, 0.1) is 11.3 Å². The molecule has 0 aliphatic carbocycles. The van der Waals surface area contributed by atoms with E-state index in [4.69, 9.17) is 10.7 Å². The molecule has 7 nitrogen and oxygen atoms in total. The van der Waals surface area contributed by atoms with Crippen LogP contribution >= 0.6 is 0 Å². The van der Waals surface area contributed by atoms with Crippen LogP contribution in [0.2, 0.25) is 0 Å². The first-order chi connectivity index (χ1) is 16.6. The van der Waals surface area contributed by atoms with Gasteiger partial charge in [-0.1, -0.05) is 12.1 Å². The van der Waals surface area contributed by atoms with Crippen molar-refractivity contribution in [3.05, 3.63) is 72.3 Å². The maximum absolute atomic E-state index is 14.0. The number of nitriles is 1. The van der Waals surface area contributed by atoms with E-state index < -0.39 is 11.3 Å². The van der Waals surface area contributed by atoms with Gasteiger partial charge in [0.2, 0.25) is 0 Å². The molecule has 0 bridgehead atoms. The van der Waals surface area contributed by atoms with E-state index in [1.54, 1.807) is 24.7 Å². The second kappa shape index (κ2) is 7.81. The molecule has 0 radical (unpaired) electrons. The van der Waals surface area contributed by atoms with Crippen molar-refractivity contribution in [2.24, 2.45) is 0 Å². The van der Waals surface area contributed by atoms with Gasteiger partial charge in [0.15, 0.2) is 0 Å². The zero-order chi connectivity index (χ0) is 25.0. The van der Waals surface area contributed by atoms with Gasteiger partial charge < -0.3 is 5.73 Å². The first kappa shape index (κ1) is 22.3. The lowest BCUT2D eigenvalue weighted by molar-refractivity contribution is 0.0180. The first-order valence-electron chi connectivity index (χ1n) is 10.9. The Bertz CT molecular complexity index is 1620. The maximum Gasteiger partial charge on any atom is 0.274 e. The number of nitrogens with two attached hydrogens (primary N) is 1. The summed E-state index contributed by atoms with van der Waals surface area (Å²) >= 11 is 0. The monoisotopic (exact) mass is 469 g/mol. The molecule has 4 heterocycles. The largest absolute Gasteiger partial charge is 0.383 e. The van der Waals surface area contributed by atoms with Gasteiger partial charge in [-0.2, -0.15) is 5.26 Å². The molecule has 174 valence electrons. The second-order valence-corrected chi connectivity index (χ2v) is 9.00. The summed E-state index contributed by atoms with van der Waals surface area (Å²) in [6.07, 6.45) is 4.79. The maximum atomic E-state index is 14.0. The van der Waals surface area contributed by atoms with E-state index in [0.29, 0.717) is 27.8 Å². The molecule has 0 amide bonds. The van der Waals surface area contributed by atoms with Gasteiger partial charge in [-0.05, 0) is 49.7 Å². The van der Waals surface area contributed by atoms with E-state index in [9.17, 15) is 14.0 Å². The standard InChI is InChI=1S/C26H21F2N7/c1-25(2,13-29)16-4-6-17(7-5-16)35-14-33-21-12-31-20-9-8-19(34-22(20)23(21)35)15-10-18(26(3,27)28)24(30)32-11-15/h4-12,14H,1-3H3,(H2,30,32). The van der Waals surface area contributed by atoms with E-state index in [1.165, 1.54) is 12.3 Å². The normalized spacial score (nSPS) is 12.2. The van der Waals surface area contributed by atoms with E-state index in [1.807, 2.05) is 42.7 Å². The van der Waals surface area contributed by atoms with Crippen LogP contribution in [0.1, 0.15) is 31.9 Å². The number of rotatable bonds is 4. The van der Waals surface area contributed by atoms with Crippen LogP contribution in [-0.4, -0.2) is 24.5 Å². The molecule has 0 saturated heterocycles. The Morgan fingerprint density at radius 2 is 1.69 bits per heavy atom. The van der Waals surface area contributed by atoms with Gasteiger partial charge >= 0.3 is 0 Å². The zero-order valence-electron chi connectivity index (χ0n) is 19.3. The number of hydrogen-bond acceptors (Lipinski definition) is 6. The summed E-state index contributed by atoms with van der Waals surface area (Å²) in [5, 5.41) is 9.42. The molecule has 9 heteroatoms. The van der Waals surface area contributed by atoms with Crippen LogP contribution in [-0.2, 0) is 11.3 Å². The van der Waals surface area contributed by atoms with E-state index in [-0.39, 0.29) is 11.4 Å². The van der Waals surface area contributed by atoms with Crippen molar-refractivity contribution in [3.8, 4) is 23.0 Å². The molecule has 1 aromatic carbocycles. The van der Waals surface area contributed by atoms with Crippen molar-refractivity contribution >= 4 is 27.9 Å². The van der Waals surface area contributed by atoms with Crippen LogP contribution in [0.3, 0.4) is 0 Å². The van der Waals surface area contributed by atoms with E-state index in [2.05, 4.69) is 21.0 Å². The summed E-state index contributed by atoms with van der Waals surface area (Å²) in [5.74, 6) is -3.35. The highest BCUT2D eigenvalue weighted by atomic mass is 19.3.